The fraction of sp³-hybridized carbons (Fsp3) is 0.0741. The summed E-state index contributed by atoms with van der Waals surface area (Å²) in [6, 6.07) is 14.0. The molecule has 0 N–H and O–H groups in total. The zero-order valence-electron chi connectivity index (χ0n) is 17.9. The molecule has 2 nitrogen and oxygen atoms in total. The Hall–Kier alpha value is -4.25. The highest BCUT2D eigenvalue weighted by Gasteiger charge is 2.24. The number of aromatic nitrogens is 1. The number of ether oxygens (including phenoxy) is 1. The maximum Gasteiger partial charge on any atom is 0.458 e. The molecule has 1 aromatic heterocycles. The van der Waals surface area contributed by atoms with E-state index < -0.39 is 34.6 Å². The molecule has 35 heavy (non-hydrogen) atoms. The molecule has 0 amide bonds. The van der Waals surface area contributed by atoms with Gasteiger partial charge in [-0.25, -0.2) is 13.2 Å². The van der Waals surface area contributed by atoms with Crippen molar-refractivity contribution in [3.8, 4) is 28.7 Å². The van der Waals surface area contributed by atoms with E-state index in [-0.39, 0.29) is 17.7 Å². The van der Waals surface area contributed by atoms with Crippen molar-refractivity contribution >= 4 is 16.8 Å². The lowest BCUT2D eigenvalue weighted by molar-refractivity contribution is -0.0696. The molecule has 0 aliphatic rings. The number of rotatable bonds is 5. The molecule has 0 saturated carbocycles. The van der Waals surface area contributed by atoms with Crippen LogP contribution < -0.4 is 4.74 Å². The average molecular weight is 483 g/mol. The van der Waals surface area contributed by atoms with Gasteiger partial charge in [-0.3, -0.25) is 4.98 Å². The second-order valence-electron chi connectivity index (χ2n) is 7.45. The summed E-state index contributed by atoms with van der Waals surface area (Å²) in [5.74, 6) is -1.85. The molecular weight excluding hydrogens is 468 g/mol. The van der Waals surface area contributed by atoms with E-state index >= 15 is 0 Å². The van der Waals surface area contributed by atoms with Crippen molar-refractivity contribution in [2.24, 2.45) is 0 Å². The van der Waals surface area contributed by atoms with Crippen molar-refractivity contribution in [2.75, 3.05) is 0 Å². The van der Waals surface area contributed by atoms with Crippen LogP contribution in [0.3, 0.4) is 0 Å². The Morgan fingerprint density at radius 2 is 1.63 bits per heavy atom. The Morgan fingerprint density at radius 3 is 2.26 bits per heavy atom. The predicted octanol–water partition coefficient (Wildman–Crippen LogP) is 7.45. The maximum atomic E-state index is 14.6. The largest absolute Gasteiger partial charge is 0.487 e. The lowest BCUT2D eigenvalue weighted by Gasteiger charge is -2.10. The van der Waals surface area contributed by atoms with Crippen molar-refractivity contribution in [3.63, 3.8) is 0 Å². The third-order valence-electron chi connectivity index (χ3n) is 5.07. The van der Waals surface area contributed by atoms with Crippen molar-refractivity contribution < 1.29 is 31.1 Å². The van der Waals surface area contributed by atoms with Gasteiger partial charge in [0.15, 0.2) is 5.82 Å². The number of pyridine rings is 1. The summed E-state index contributed by atoms with van der Waals surface area (Å²) in [6.45, 7) is 3.66. The molecule has 0 spiro atoms. The van der Waals surface area contributed by atoms with Gasteiger partial charge in [-0.1, -0.05) is 48.9 Å². The van der Waals surface area contributed by atoms with E-state index in [2.05, 4.69) is 11.6 Å². The van der Waals surface area contributed by atoms with E-state index in [0.717, 1.165) is 28.7 Å². The Morgan fingerprint density at radius 1 is 0.914 bits per heavy atom. The van der Waals surface area contributed by atoms with Crippen molar-refractivity contribution in [1.82, 2.24) is 4.98 Å². The summed E-state index contributed by atoms with van der Waals surface area (Å²) in [6.07, 6.45) is -1.56. The lowest BCUT2D eigenvalue weighted by Crippen LogP contribution is -2.03. The van der Waals surface area contributed by atoms with E-state index in [4.69, 9.17) is 4.74 Å². The van der Waals surface area contributed by atoms with Crippen LogP contribution in [0.1, 0.15) is 16.8 Å². The second-order valence-corrected chi connectivity index (χ2v) is 7.45. The molecule has 4 rings (SSSR count). The van der Waals surface area contributed by atoms with Gasteiger partial charge in [0.25, 0.3) is 0 Å². The van der Waals surface area contributed by atoms with Crippen LogP contribution in [0.25, 0.3) is 28.0 Å². The summed E-state index contributed by atoms with van der Waals surface area (Å²) < 4.78 is 85.8. The fourth-order valence-corrected chi connectivity index (χ4v) is 3.37. The Labute approximate surface area is 196 Å². The molecule has 3 aromatic carbocycles. The minimum atomic E-state index is -4.95. The SMILES string of the molecule is C=Cc1ccc(-c2ccc(COc3cc(F)c4c(F)c(C#CC(F)(F)F)c(F)cc4c3)nc2)cc1. The normalized spacial score (nSPS) is 11.1. The average Bonchev–Trinajstić information content (AvgIpc) is 2.82. The minimum absolute atomic E-state index is 0.0335. The van der Waals surface area contributed by atoms with Crippen LogP contribution in [0.2, 0.25) is 0 Å². The first-order valence-corrected chi connectivity index (χ1v) is 10.2. The van der Waals surface area contributed by atoms with E-state index in [1.54, 1.807) is 18.3 Å². The Kier molecular flexibility index (Phi) is 6.52. The molecule has 0 bridgehead atoms. The summed E-state index contributed by atoms with van der Waals surface area (Å²) in [4.78, 5) is 4.31. The molecule has 0 saturated heterocycles. The number of alkyl halides is 3. The van der Waals surface area contributed by atoms with Gasteiger partial charge in [0.1, 0.15) is 24.0 Å². The van der Waals surface area contributed by atoms with Gasteiger partial charge in [0.05, 0.1) is 16.6 Å². The summed E-state index contributed by atoms with van der Waals surface area (Å²) >= 11 is 0. The summed E-state index contributed by atoms with van der Waals surface area (Å²) in [7, 11) is 0. The van der Waals surface area contributed by atoms with Crippen LogP contribution in [-0.4, -0.2) is 11.2 Å². The van der Waals surface area contributed by atoms with E-state index in [0.29, 0.717) is 11.8 Å². The lowest BCUT2D eigenvalue weighted by atomic mass is 10.0. The van der Waals surface area contributed by atoms with Crippen LogP contribution in [0.4, 0.5) is 26.3 Å². The van der Waals surface area contributed by atoms with E-state index in [1.807, 2.05) is 30.3 Å². The van der Waals surface area contributed by atoms with Gasteiger partial charge >= 0.3 is 6.18 Å². The first kappa shape index (κ1) is 23.9. The highest BCUT2D eigenvalue weighted by atomic mass is 19.4. The predicted molar refractivity (Wildman–Crippen MR) is 121 cm³/mol. The molecule has 4 aromatic rings. The summed E-state index contributed by atoms with van der Waals surface area (Å²) in [5, 5.41) is -0.908. The number of nitrogens with zero attached hydrogens (tertiary/aromatic N) is 1. The van der Waals surface area contributed by atoms with E-state index in [9.17, 15) is 26.3 Å². The number of hydrogen-bond donors (Lipinski definition) is 0. The van der Waals surface area contributed by atoms with Gasteiger partial charge in [-0.2, -0.15) is 13.2 Å². The molecule has 1 heterocycles. The highest BCUT2D eigenvalue weighted by Crippen LogP contribution is 2.30. The van der Waals surface area contributed by atoms with Crippen molar-refractivity contribution in [1.29, 1.82) is 0 Å². The molecule has 8 heteroatoms. The fourth-order valence-electron chi connectivity index (χ4n) is 3.37. The van der Waals surface area contributed by atoms with Gasteiger partial charge < -0.3 is 4.74 Å². The third kappa shape index (κ3) is 5.46. The maximum absolute atomic E-state index is 14.6. The van der Waals surface area contributed by atoms with Gasteiger partial charge in [0.2, 0.25) is 0 Å². The zero-order valence-corrected chi connectivity index (χ0v) is 17.9. The third-order valence-corrected chi connectivity index (χ3v) is 5.07. The van der Waals surface area contributed by atoms with Crippen LogP contribution in [0, 0.1) is 29.3 Å². The quantitative estimate of drug-likeness (QED) is 0.217. The number of fused-ring (bicyclic) bond motifs is 1. The number of benzene rings is 3. The zero-order chi connectivity index (χ0) is 25.2. The molecule has 0 radical (unpaired) electrons. The van der Waals surface area contributed by atoms with Crippen molar-refractivity contribution in [3.05, 3.63) is 102 Å². The van der Waals surface area contributed by atoms with Gasteiger partial charge in [0, 0.05) is 23.7 Å². The molecule has 0 aliphatic carbocycles. The van der Waals surface area contributed by atoms with Crippen molar-refractivity contribution in [2.45, 2.75) is 12.8 Å². The Balaban J connectivity index is 1.54. The topological polar surface area (TPSA) is 22.1 Å². The second kappa shape index (κ2) is 9.55. The standard InChI is InChI=1S/C27H15F6NO/c1-2-16-3-5-17(6-4-16)18-7-8-20(34-14-18)15-35-21-11-19-12-23(28)22(9-10-27(31,32)33)26(30)25(19)24(29)13-21/h2-8,11-14H,1,15H2. The smallest absolute Gasteiger partial charge is 0.458 e. The molecule has 0 unspecified atom stereocenters. The number of hydrogen-bond acceptors (Lipinski definition) is 2. The molecule has 0 atom stereocenters. The van der Waals surface area contributed by atoms with Crippen LogP contribution >= 0.6 is 0 Å². The van der Waals surface area contributed by atoms with Gasteiger partial charge in [-0.15, -0.1) is 0 Å². The highest BCUT2D eigenvalue weighted by molar-refractivity contribution is 5.87. The number of halogens is 6. The van der Waals surface area contributed by atoms with E-state index in [1.165, 1.54) is 12.0 Å². The monoisotopic (exact) mass is 483 g/mol. The minimum Gasteiger partial charge on any atom is -0.487 e. The first-order valence-electron chi connectivity index (χ1n) is 10.2. The van der Waals surface area contributed by atoms with Crippen LogP contribution in [-0.2, 0) is 6.61 Å². The summed E-state index contributed by atoms with van der Waals surface area (Å²) in [5.41, 5.74) is 2.17. The molecule has 0 aliphatic heterocycles. The molecule has 0 fully saturated rings. The Bertz CT molecular complexity index is 1460. The van der Waals surface area contributed by atoms with Crippen LogP contribution in [0.5, 0.6) is 5.75 Å². The van der Waals surface area contributed by atoms with Crippen LogP contribution in [0.15, 0.2) is 67.4 Å². The molecule has 176 valence electrons. The van der Waals surface area contributed by atoms with Gasteiger partial charge in [-0.05, 0) is 34.7 Å². The molecular formula is C27H15F6NO. The first-order chi connectivity index (χ1) is 16.6.